The van der Waals surface area contributed by atoms with Crippen LogP contribution in [-0.2, 0) is 9.59 Å². The van der Waals surface area contributed by atoms with E-state index < -0.39 is 12.4 Å². The van der Waals surface area contributed by atoms with Gasteiger partial charge in [-0.3, -0.25) is 9.59 Å². The van der Waals surface area contributed by atoms with E-state index in [1.54, 1.807) is 31.2 Å². The van der Waals surface area contributed by atoms with E-state index in [9.17, 15) is 22.8 Å². The fraction of sp³-hybridized carbons (Fsp3) is 0.333. The van der Waals surface area contributed by atoms with E-state index >= 15 is 0 Å². The molecule has 2 aromatic carbocycles. The maximum absolute atomic E-state index is 12.3. The predicted molar refractivity (Wildman–Crippen MR) is 109 cm³/mol. The largest absolute Gasteiger partial charge is 0.573 e. The highest BCUT2D eigenvalue weighted by Gasteiger charge is 2.31. The van der Waals surface area contributed by atoms with Gasteiger partial charge in [-0.1, -0.05) is 13.8 Å². The van der Waals surface area contributed by atoms with Gasteiger partial charge in [-0.25, -0.2) is 0 Å². The first kappa shape index (κ1) is 23.1. The molecule has 2 rings (SSSR count). The van der Waals surface area contributed by atoms with Gasteiger partial charge in [-0.15, -0.1) is 13.2 Å². The molecule has 1 atom stereocenters. The monoisotopic (exact) mass is 423 g/mol. The summed E-state index contributed by atoms with van der Waals surface area (Å²) in [5.74, 6) is -0.537. The number of anilines is 3. The van der Waals surface area contributed by atoms with Crippen molar-refractivity contribution in [3.05, 3.63) is 48.5 Å². The van der Waals surface area contributed by atoms with Crippen molar-refractivity contribution in [1.29, 1.82) is 0 Å². The summed E-state index contributed by atoms with van der Waals surface area (Å²) in [6.45, 7) is 5.57. The van der Waals surface area contributed by atoms with E-state index in [4.69, 9.17) is 0 Å². The molecule has 0 spiro atoms. The molecule has 6 nitrogen and oxygen atoms in total. The Bertz CT molecular complexity index is 851. The van der Waals surface area contributed by atoms with Crippen LogP contribution in [0.1, 0.15) is 27.2 Å². The van der Waals surface area contributed by atoms with Gasteiger partial charge < -0.3 is 20.7 Å². The molecule has 0 saturated carbocycles. The zero-order valence-corrected chi connectivity index (χ0v) is 16.8. The van der Waals surface area contributed by atoms with Crippen LogP contribution >= 0.6 is 0 Å². The van der Waals surface area contributed by atoms with Crippen LogP contribution in [0.4, 0.5) is 30.2 Å². The second-order valence-corrected chi connectivity index (χ2v) is 7.15. The molecule has 9 heteroatoms. The highest BCUT2D eigenvalue weighted by Crippen LogP contribution is 2.24. The van der Waals surface area contributed by atoms with Crippen LogP contribution < -0.4 is 20.7 Å². The van der Waals surface area contributed by atoms with Crippen molar-refractivity contribution in [3.63, 3.8) is 0 Å². The van der Waals surface area contributed by atoms with E-state index in [-0.39, 0.29) is 23.5 Å². The van der Waals surface area contributed by atoms with Crippen LogP contribution in [0.15, 0.2) is 48.5 Å². The molecule has 0 aliphatic carbocycles. The van der Waals surface area contributed by atoms with Crippen molar-refractivity contribution in [1.82, 2.24) is 0 Å². The SMILES string of the molecule is CC(C)CC(=O)Nc1ccc(NC(C)C(=O)Nc2ccc(OC(F)(F)F)cc2)cc1. The minimum absolute atomic E-state index is 0.0647. The van der Waals surface area contributed by atoms with Crippen LogP contribution in [0.25, 0.3) is 0 Å². The summed E-state index contributed by atoms with van der Waals surface area (Å²) in [5.41, 5.74) is 1.67. The van der Waals surface area contributed by atoms with Crippen molar-refractivity contribution in [2.45, 2.75) is 39.6 Å². The third-order valence-electron chi connectivity index (χ3n) is 3.89. The van der Waals surface area contributed by atoms with Crippen molar-refractivity contribution < 1.29 is 27.5 Å². The normalized spacial score (nSPS) is 12.2. The fourth-order valence-electron chi connectivity index (χ4n) is 2.54. The maximum atomic E-state index is 12.3. The van der Waals surface area contributed by atoms with Crippen LogP contribution in [0.3, 0.4) is 0 Å². The molecule has 0 saturated heterocycles. The summed E-state index contributed by atoms with van der Waals surface area (Å²) in [5, 5.41) is 8.43. The number of hydrogen-bond acceptors (Lipinski definition) is 4. The smallest absolute Gasteiger partial charge is 0.406 e. The Labute approximate surface area is 172 Å². The topological polar surface area (TPSA) is 79.5 Å². The van der Waals surface area contributed by atoms with Crippen LogP contribution in [0.2, 0.25) is 0 Å². The van der Waals surface area contributed by atoms with Gasteiger partial charge in [-0.2, -0.15) is 0 Å². The number of rotatable bonds is 8. The number of carbonyl (C=O) groups is 2. The van der Waals surface area contributed by atoms with Gasteiger partial charge in [0.15, 0.2) is 0 Å². The Morgan fingerprint density at radius 2 is 1.37 bits per heavy atom. The third-order valence-corrected chi connectivity index (χ3v) is 3.89. The number of ether oxygens (including phenoxy) is 1. The number of halogens is 3. The standard InChI is InChI=1S/C21H24F3N3O3/c1-13(2)12-19(28)26-16-6-4-15(5-7-16)25-14(3)20(29)27-17-8-10-18(11-9-17)30-21(22,23)24/h4-11,13-14,25H,12H2,1-3H3,(H,26,28)(H,27,29). The Morgan fingerprint density at radius 3 is 1.90 bits per heavy atom. The summed E-state index contributed by atoms with van der Waals surface area (Å²) < 4.78 is 40.3. The Hall–Kier alpha value is -3.23. The van der Waals surface area contributed by atoms with Crippen LogP contribution in [0, 0.1) is 5.92 Å². The molecule has 162 valence electrons. The molecule has 0 aromatic heterocycles. The molecule has 0 aliphatic rings. The number of carbonyl (C=O) groups excluding carboxylic acids is 2. The highest BCUT2D eigenvalue weighted by molar-refractivity contribution is 5.96. The van der Waals surface area contributed by atoms with Crippen molar-refractivity contribution in [3.8, 4) is 5.75 Å². The van der Waals surface area contributed by atoms with E-state index in [0.717, 1.165) is 12.1 Å². The zero-order valence-electron chi connectivity index (χ0n) is 16.8. The zero-order chi connectivity index (χ0) is 22.3. The summed E-state index contributed by atoms with van der Waals surface area (Å²) in [6.07, 6.45) is -4.34. The van der Waals surface area contributed by atoms with E-state index in [1.807, 2.05) is 13.8 Å². The molecule has 0 bridgehead atoms. The van der Waals surface area contributed by atoms with Gasteiger partial charge >= 0.3 is 6.36 Å². The third kappa shape index (κ3) is 8.02. The summed E-state index contributed by atoms with van der Waals surface area (Å²) in [4.78, 5) is 24.1. The maximum Gasteiger partial charge on any atom is 0.573 e. The fourth-order valence-corrected chi connectivity index (χ4v) is 2.54. The second-order valence-electron chi connectivity index (χ2n) is 7.15. The van der Waals surface area contributed by atoms with Crippen LogP contribution in [-0.4, -0.2) is 24.2 Å². The molecule has 0 aliphatic heterocycles. The lowest BCUT2D eigenvalue weighted by Gasteiger charge is -2.16. The molecule has 0 radical (unpaired) electrons. The Balaban J connectivity index is 1.87. The molecule has 3 N–H and O–H groups in total. The quantitative estimate of drug-likeness (QED) is 0.558. The Kier molecular flexibility index (Phi) is 7.68. The van der Waals surface area contributed by atoms with Gasteiger partial charge in [0.2, 0.25) is 11.8 Å². The molecule has 2 aromatic rings. The van der Waals surface area contributed by atoms with Gasteiger partial charge in [0.25, 0.3) is 0 Å². The van der Waals surface area contributed by atoms with Crippen molar-refractivity contribution in [2.75, 3.05) is 16.0 Å². The first-order valence-electron chi connectivity index (χ1n) is 9.35. The number of alkyl halides is 3. The lowest BCUT2D eigenvalue weighted by atomic mass is 10.1. The predicted octanol–water partition coefficient (Wildman–Crippen LogP) is 5.01. The first-order chi connectivity index (χ1) is 14.0. The first-order valence-corrected chi connectivity index (χ1v) is 9.35. The molecular weight excluding hydrogens is 399 g/mol. The lowest BCUT2D eigenvalue weighted by Crippen LogP contribution is -2.31. The van der Waals surface area contributed by atoms with E-state index in [1.165, 1.54) is 12.1 Å². The number of benzene rings is 2. The van der Waals surface area contributed by atoms with Gasteiger partial charge in [0, 0.05) is 23.5 Å². The molecule has 2 amide bonds. The average Bonchev–Trinajstić information content (AvgIpc) is 2.63. The van der Waals surface area contributed by atoms with Crippen LogP contribution in [0.5, 0.6) is 5.75 Å². The number of nitrogens with one attached hydrogen (secondary N) is 3. The Morgan fingerprint density at radius 1 is 0.867 bits per heavy atom. The molecule has 0 heterocycles. The second kappa shape index (κ2) is 10.00. The van der Waals surface area contributed by atoms with Crippen molar-refractivity contribution in [2.24, 2.45) is 5.92 Å². The van der Waals surface area contributed by atoms with Gasteiger partial charge in [0.05, 0.1) is 0 Å². The molecule has 1 unspecified atom stereocenters. The molecule has 0 fully saturated rings. The van der Waals surface area contributed by atoms with Gasteiger partial charge in [0.1, 0.15) is 11.8 Å². The minimum atomic E-state index is -4.77. The van der Waals surface area contributed by atoms with Gasteiger partial charge in [-0.05, 0) is 61.4 Å². The minimum Gasteiger partial charge on any atom is -0.406 e. The number of amides is 2. The molecule has 30 heavy (non-hydrogen) atoms. The lowest BCUT2D eigenvalue weighted by molar-refractivity contribution is -0.274. The van der Waals surface area contributed by atoms with E-state index in [2.05, 4.69) is 20.7 Å². The average molecular weight is 423 g/mol. The summed E-state index contributed by atoms with van der Waals surface area (Å²) in [6, 6.07) is 11.2. The van der Waals surface area contributed by atoms with E-state index in [0.29, 0.717) is 23.5 Å². The number of hydrogen-bond donors (Lipinski definition) is 3. The highest BCUT2D eigenvalue weighted by atomic mass is 19.4. The van der Waals surface area contributed by atoms with Crippen molar-refractivity contribution >= 4 is 28.9 Å². The molecular formula is C21H24F3N3O3. The summed E-state index contributed by atoms with van der Waals surface area (Å²) >= 11 is 0. The summed E-state index contributed by atoms with van der Waals surface area (Å²) in [7, 11) is 0.